The summed E-state index contributed by atoms with van der Waals surface area (Å²) in [4.78, 5) is 38.5. The Morgan fingerprint density at radius 1 is 1.43 bits per heavy atom. The van der Waals surface area contributed by atoms with Crippen molar-refractivity contribution >= 4 is 17.9 Å². The molecule has 3 amide bonds. The van der Waals surface area contributed by atoms with E-state index in [1.165, 1.54) is 17.4 Å². The number of urea groups is 1. The molecule has 1 aromatic rings. The van der Waals surface area contributed by atoms with Crippen LogP contribution < -0.4 is 10.6 Å². The molecule has 3 N–H and O–H groups in total. The van der Waals surface area contributed by atoms with Gasteiger partial charge in [-0.15, -0.1) is 0 Å². The predicted molar refractivity (Wildman–Crippen MR) is 73.9 cm³/mol. The number of imidazole rings is 1. The number of carbonyl (C=O) groups is 3. The van der Waals surface area contributed by atoms with Gasteiger partial charge in [0.1, 0.15) is 0 Å². The second-order valence-electron chi connectivity index (χ2n) is 4.38. The minimum Gasteiger partial charge on any atom is -0.476 e. The van der Waals surface area contributed by atoms with Crippen LogP contribution in [-0.2, 0) is 11.3 Å². The van der Waals surface area contributed by atoms with Gasteiger partial charge < -0.3 is 25.2 Å². The van der Waals surface area contributed by atoms with Crippen molar-refractivity contribution in [3.05, 3.63) is 18.2 Å². The number of aromatic nitrogens is 2. The number of carboxylic acids is 1. The summed E-state index contributed by atoms with van der Waals surface area (Å²) in [6.45, 7) is 1.06. The molecule has 0 radical (unpaired) electrons. The van der Waals surface area contributed by atoms with Gasteiger partial charge in [-0.2, -0.15) is 0 Å². The van der Waals surface area contributed by atoms with E-state index in [4.69, 9.17) is 5.11 Å². The lowest BCUT2D eigenvalue weighted by molar-refractivity contribution is -0.120. The van der Waals surface area contributed by atoms with Crippen LogP contribution in [0.4, 0.5) is 4.79 Å². The number of carboxylic acid groups (broad SMARTS) is 1. The summed E-state index contributed by atoms with van der Waals surface area (Å²) in [5.74, 6) is -1.22. The monoisotopic (exact) mass is 297 g/mol. The predicted octanol–water partition coefficient (Wildman–Crippen LogP) is -0.641. The fourth-order valence-electron chi connectivity index (χ4n) is 1.52. The van der Waals surface area contributed by atoms with Crippen molar-refractivity contribution in [2.75, 3.05) is 27.2 Å². The van der Waals surface area contributed by atoms with Crippen LogP contribution in [0.1, 0.15) is 16.9 Å². The molecule has 9 nitrogen and oxygen atoms in total. The Bertz CT molecular complexity index is 514. The van der Waals surface area contributed by atoms with Crippen LogP contribution in [-0.4, -0.2) is 64.6 Å². The van der Waals surface area contributed by atoms with Gasteiger partial charge in [0.2, 0.25) is 5.91 Å². The van der Waals surface area contributed by atoms with E-state index < -0.39 is 5.97 Å². The topological polar surface area (TPSA) is 117 Å². The maximum absolute atomic E-state index is 11.7. The molecule has 0 aromatic carbocycles. The third-order valence-corrected chi connectivity index (χ3v) is 2.80. The van der Waals surface area contributed by atoms with E-state index in [9.17, 15) is 14.4 Å². The van der Waals surface area contributed by atoms with Gasteiger partial charge in [0.05, 0.1) is 6.33 Å². The fraction of sp³-hybridized carbons (Fsp3) is 0.500. The Morgan fingerprint density at radius 3 is 2.71 bits per heavy atom. The van der Waals surface area contributed by atoms with Crippen molar-refractivity contribution in [3.63, 3.8) is 0 Å². The number of nitrogens with one attached hydrogen (secondary N) is 2. The highest BCUT2D eigenvalue weighted by molar-refractivity contribution is 5.84. The number of amides is 3. The Morgan fingerprint density at radius 2 is 2.14 bits per heavy atom. The molecule has 116 valence electrons. The number of aromatic carboxylic acids is 1. The Kier molecular flexibility index (Phi) is 6.18. The number of hydrogen-bond acceptors (Lipinski definition) is 4. The zero-order valence-electron chi connectivity index (χ0n) is 12.0. The van der Waals surface area contributed by atoms with Crippen molar-refractivity contribution < 1.29 is 19.5 Å². The van der Waals surface area contributed by atoms with Gasteiger partial charge in [0.25, 0.3) is 0 Å². The molecule has 0 bridgehead atoms. The SMILES string of the molecule is CNC(=O)CCN(C)C(=O)NCCn1cnc(C(=O)O)c1. The minimum atomic E-state index is -1.09. The lowest BCUT2D eigenvalue weighted by Crippen LogP contribution is -2.40. The molecule has 0 aliphatic rings. The molecule has 0 aliphatic carbocycles. The maximum atomic E-state index is 11.7. The summed E-state index contributed by atoms with van der Waals surface area (Å²) < 4.78 is 1.58. The average molecular weight is 297 g/mol. The van der Waals surface area contributed by atoms with Crippen LogP contribution in [0.2, 0.25) is 0 Å². The first-order chi connectivity index (χ1) is 9.93. The van der Waals surface area contributed by atoms with Gasteiger partial charge in [-0.25, -0.2) is 14.6 Å². The largest absolute Gasteiger partial charge is 0.476 e. The highest BCUT2D eigenvalue weighted by Gasteiger charge is 2.10. The van der Waals surface area contributed by atoms with Crippen molar-refractivity contribution in [1.82, 2.24) is 25.1 Å². The Labute approximate surface area is 121 Å². The zero-order valence-corrected chi connectivity index (χ0v) is 12.0. The van der Waals surface area contributed by atoms with E-state index in [-0.39, 0.29) is 24.1 Å². The van der Waals surface area contributed by atoms with Crippen LogP contribution in [0.5, 0.6) is 0 Å². The average Bonchev–Trinajstić information content (AvgIpc) is 2.93. The van der Waals surface area contributed by atoms with E-state index in [1.807, 2.05) is 0 Å². The molecule has 1 rings (SSSR count). The highest BCUT2D eigenvalue weighted by Crippen LogP contribution is 1.95. The lowest BCUT2D eigenvalue weighted by Gasteiger charge is -2.17. The summed E-state index contributed by atoms with van der Waals surface area (Å²) in [6, 6.07) is -0.294. The summed E-state index contributed by atoms with van der Waals surface area (Å²) in [5, 5.41) is 13.9. The van der Waals surface area contributed by atoms with Crippen molar-refractivity contribution in [2.45, 2.75) is 13.0 Å². The standard InChI is InChI=1S/C12H19N5O4/c1-13-10(18)3-5-16(2)12(21)14-4-6-17-7-9(11(19)20)15-8-17/h7-8H,3-6H2,1-2H3,(H,13,18)(H,14,21)(H,19,20). The van der Waals surface area contributed by atoms with Crippen molar-refractivity contribution in [3.8, 4) is 0 Å². The number of rotatable bonds is 7. The summed E-state index contributed by atoms with van der Waals surface area (Å²) >= 11 is 0. The third kappa shape index (κ3) is 5.51. The van der Waals surface area contributed by atoms with Crippen LogP contribution in [0.3, 0.4) is 0 Å². The van der Waals surface area contributed by atoms with Gasteiger partial charge >= 0.3 is 12.0 Å². The Balaban J connectivity index is 2.28. The maximum Gasteiger partial charge on any atom is 0.356 e. The lowest BCUT2D eigenvalue weighted by atomic mass is 10.4. The first-order valence-electron chi connectivity index (χ1n) is 6.38. The molecular weight excluding hydrogens is 278 g/mol. The third-order valence-electron chi connectivity index (χ3n) is 2.80. The summed E-state index contributed by atoms with van der Waals surface area (Å²) in [6.07, 6.45) is 3.03. The molecule has 21 heavy (non-hydrogen) atoms. The quantitative estimate of drug-likeness (QED) is 0.619. The van der Waals surface area contributed by atoms with Gasteiger partial charge in [-0.05, 0) is 0 Å². The van der Waals surface area contributed by atoms with Gasteiger partial charge in [0, 0.05) is 46.3 Å². The van der Waals surface area contributed by atoms with Gasteiger partial charge in [-0.3, -0.25) is 4.79 Å². The minimum absolute atomic E-state index is 0.0379. The fourth-order valence-corrected chi connectivity index (χ4v) is 1.52. The number of hydrogen-bond donors (Lipinski definition) is 3. The molecule has 0 saturated carbocycles. The molecule has 0 spiro atoms. The number of carbonyl (C=O) groups excluding carboxylic acids is 2. The van der Waals surface area contributed by atoms with Gasteiger partial charge in [0.15, 0.2) is 5.69 Å². The van der Waals surface area contributed by atoms with Gasteiger partial charge in [-0.1, -0.05) is 0 Å². The normalized spacial score (nSPS) is 10.0. The first-order valence-corrected chi connectivity index (χ1v) is 6.38. The molecule has 0 fully saturated rings. The van der Waals surface area contributed by atoms with Crippen LogP contribution >= 0.6 is 0 Å². The summed E-state index contributed by atoms with van der Waals surface area (Å²) in [7, 11) is 3.14. The molecule has 1 heterocycles. The van der Waals surface area contributed by atoms with Crippen molar-refractivity contribution in [2.24, 2.45) is 0 Å². The van der Waals surface area contributed by atoms with Crippen LogP contribution in [0.15, 0.2) is 12.5 Å². The number of nitrogens with zero attached hydrogens (tertiary/aromatic N) is 3. The Hall–Kier alpha value is -2.58. The van der Waals surface area contributed by atoms with E-state index in [2.05, 4.69) is 15.6 Å². The second kappa shape index (κ2) is 7.88. The second-order valence-corrected chi connectivity index (χ2v) is 4.38. The van der Waals surface area contributed by atoms with E-state index in [1.54, 1.807) is 18.7 Å². The highest BCUT2D eigenvalue weighted by atomic mass is 16.4. The van der Waals surface area contributed by atoms with E-state index in [0.717, 1.165) is 0 Å². The van der Waals surface area contributed by atoms with E-state index >= 15 is 0 Å². The molecule has 0 aliphatic heterocycles. The molecule has 0 unspecified atom stereocenters. The molecule has 0 saturated heterocycles. The van der Waals surface area contributed by atoms with E-state index in [0.29, 0.717) is 19.6 Å². The van der Waals surface area contributed by atoms with Crippen LogP contribution in [0.25, 0.3) is 0 Å². The molecular formula is C12H19N5O4. The van der Waals surface area contributed by atoms with Crippen LogP contribution in [0, 0.1) is 0 Å². The smallest absolute Gasteiger partial charge is 0.356 e. The van der Waals surface area contributed by atoms with Crippen molar-refractivity contribution in [1.29, 1.82) is 0 Å². The molecule has 0 atom stereocenters. The zero-order chi connectivity index (χ0) is 15.8. The molecule has 9 heteroatoms. The molecule has 1 aromatic heterocycles. The first kappa shape index (κ1) is 16.5. The summed E-state index contributed by atoms with van der Waals surface area (Å²) in [5.41, 5.74) is -0.0379.